The molecule has 0 aliphatic rings. The van der Waals surface area contributed by atoms with Crippen molar-refractivity contribution < 1.29 is 38.9 Å². The molecule has 0 rings (SSSR count). The van der Waals surface area contributed by atoms with Gasteiger partial charge in [-0.05, 0) is 27.2 Å². The summed E-state index contributed by atoms with van der Waals surface area (Å²) in [5, 5.41) is 17.9. The van der Waals surface area contributed by atoms with E-state index in [4.69, 9.17) is 19.7 Å². The minimum atomic E-state index is -1.92. The average molecular weight is 333 g/mol. The van der Waals surface area contributed by atoms with Crippen LogP contribution in [0.1, 0.15) is 47.0 Å². The summed E-state index contributed by atoms with van der Waals surface area (Å²) < 4.78 is 9.79. The number of imide groups is 1. The predicted octanol–water partition coefficient (Wildman–Crippen LogP) is 2.09. The van der Waals surface area contributed by atoms with Crippen LogP contribution in [0, 0.1) is 0 Å². The molecule has 0 saturated heterocycles. The van der Waals surface area contributed by atoms with Crippen LogP contribution < -0.4 is 0 Å². The number of unbranched alkanes of at least 4 members (excludes halogenated alkanes) is 1. The highest BCUT2D eigenvalue weighted by atomic mass is 16.6. The molecule has 0 aromatic rings. The highest BCUT2D eigenvalue weighted by molar-refractivity contribution is 5.95. The highest BCUT2D eigenvalue weighted by Crippen LogP contribution is 2.16. The van der Waals surface area contributed by atoms with Crippen molar-refractivity contribution in [1.82, 2.24) is 4.90 Å². The SMILES string of the molecule is CCCCOC(=O)N(C(=O)OC(C)(C)C)[C@@H](CC(=O)O)C(=O)O. The van der Waals surface area contributed by atoms with Gasteiger partial charge in [0.15, 0.2) is 6.04 Å². The number of ether oxygens (including phenoxy) is 2. The van der Waals surface area contributed by atoms with E-state index in [-0.39, 0.29) is 11.5 Å². The molecule has 0 heterocycles. The molecule has 2 amide bonds. The molecule has 0 aliphatic heterocycles. The second-order valence-electron chi connectivity index (χ2n) is 5.77. The summed E-state index contributed by atoms with van der Waals surface area (Å²) in [7, 11) is 0. The largest absolute Gasteiger partial charge is 0.481 e. The molecule has 2 N–H and O–H groups in total. The fourth-order valence-electron chi connectivity index (χ4n) is 1.47. The molecule has 0 spiro atoms. The van der Waals surface area contributed by atoms with E-state index in [0.717, 1.165) is 6.42 Å². The van der Waals surface area contributed by atoms with Crippen LogP contribution in [0.3, 0.4) is 0 Å². The van der Waals surface area contributed by atoms with Gasteiger partial charge in [-0.25, -0.2) is 14.4 Å². The number of carboxylic acids is 2. The fourth-order valence-corrected chi connectivity index (χ4v) is 1.47. The van der Waals surface area contributed by atoms with E-state index in [9.17, 15) is 19.2 Å². The zero-order valence-electron chi connectivity index (χ0n) is 13.7. The average Bonchev–Trinajstić information content (AvgIpc) is 2.35. The molecular weight excluding hydrogens is 310 g/mol. The number of carbonyl (C=O) groups excluding carboxylic acids is 2. The van der Waals surface area contributed by atoms with Crippen molar-refractivity contribution in [3.05, 3.63) is 0 Å². The van der Waals surface area contributed by atoms with E-state index in [2.05, 4.69) is 0 Å². The third-order valence-electron chi connectivity index (χ3n) is 2.48. The van der Waals surface area contributed by atoms with Gasteiger partial charge >= 0.3 is 24.1 Å². The van der Waals surface area contributed by atoms with E-state index in [1.807, 2.05) is 6.92 Å². The lowest BCUT2D eigenvalue weighted by Crippen LogP contribution is -2.51. The normalized spacial score (nSPS) is 12.2. The van der Waals surface area contributed by atoms with Crippen molar-refractivity contribution in [3.8, 4) is 0 Å². The number of aliphatic carboxylic acids is 2. The predicted molar refractivity (Wildman–Crippen MR) is 78.0 cm³/mol. The summed E-state index contributed by atoms with van der Waals surface area (Å²) in [5.41, 5.74) is -0.995. The zero-order valence-corrected chi connectivity index (χ0v) is 13.7. The molecule has 0 unspecified atom stereocenters. The standard InChI is InChI=1S/C14H23NO8/c1-5-6-7-22-12(20)15(13(21)23-14(2,3)4)9(11(18)19)8-10(16)17/h9H,5-8H2,1-4H3,(H,16,17)(H,18,19)/t9-/m0/s1. The lowest BCUT2D eigenvalue weighted by molar-refractivity contribution is -0.148. The third kappa shape index (κ3) is 8.03. The molecule has 0 bridgehead atoms. The Bertz CT molecular complexity index is 454. The molecule has 9 heteroatoms. The van der Waals surface area contributed by atoms with Crippen molar-refractivity contribution in [1.29, 1.82) is 0 Å². The Kier molecular flexibility index (Phi) is 8.06. The van der Waals surface area contributed by atoms with E-state index in [1.165, 1.54) is 20.8 Å². The minimum absolute atomic E-state index is 0.0198. The van der Waals surface area contributed by atoms with Gasteiger partial charge in [0.2, 0.25) is 0 Å². The summed E-state index contributed by atoms with van der Waals surface area (Å²) in [5.74, 6) is -3.13. The van der Waals surface area contributed by atoms with E-state index >= 15 is 0 Å². The molecule has 0 radical (unpaired) electrons. The lowest BCUT2D eigenvalue weighted by Gasteiger charge is -2.28. The van der Waals surface area contributed by atoms with Gasteiger partial charge in [-0.2, -0.15) is 4.90 Å². The van der Waals surface area contributed by atoms with Crippen molar-refractivity contribution in [2.45, 2.75) is 58.6 Å². The molecule has 0 aromatic carbocycles. The maximum Gasteiger partial charge on any atom is 0.420 e. The van der Waals surface area contributed by atoms with Crippen LogP contribution in [0.2, 0.25) is 0 Å². The molecule has 0 aromatic heterocycles. The van der Waals surface area contributed by atoms with Gasteiger partial charge < -0.3 is 19.7 Å². The zero-order chi connectivity index (χ0) is 18.2. The second-order valence-corrected chi connectivity index (χ2v) is 5.77. The number of hydrogen-bond donors (Lipinski definition) is 2. The van der Waals surface area contributed by atoms with Gasteiger partial charge in [0, 0.05) is 0 Å². The number of rotatable bonds is 7. The molecular formula is C14H23NO8. The maximum absolute atomic E-state index is 12.1. The maximum atomic E-state index is 12.1. The molecule has 23 heavy (non-hydrogen) atoms. The van der Waals surface area contributed by atoms with Crippen LogP contribution in [0.4, 0.5) is 9.59 Å². The quantitative estimate of drug-likeness (QED) is 0.677. The molecule has 132 valence electrons. The van der Waals surface area contributed by atoms with Gasteiger partial charge in [0.05, 0.1) is 13.0 Å². The van der Waals surface area contributed by atoms with Gasteiger partial charge in [-0.1, -0.05) is 13.3 Å². The van der Waals surface area contributed by atoms with Crippen LogP contribution in [-0.4, -0.2) is 57.5 Å². The Morgan fingerprint density at radius 3 is 2.04 bits per heavy atom. The summed E-state index contributed by atoms with van der Waals surface area (Å²) in [6, 6.07) is -1.92. The number of carboxylic acid groups (broad SMARTS) is 2. The van der Waals surface area contributed by atoms with Crippen molar-refractivity contribution >= 4 is 24.1 Å². The summed E-state index contributed by atoms with van der Waals surface area (Å²) >= 11 is 0. The van der Waals surface area contributed by atoms with Crippen LogP contribution in [0.15, 0.2) is 0 Å². The Morgan fingerprint density at radius 2 is 1.65 bits per heavy atom. The summed E-state index contributed by atoms with van der Waals surface area (Å²) in [4.78, 5) is 46.4. The number of nitrogens with zero attached hydrogens (tertiary/aromatic N) is 1. The monoisotopic (exact) mass is 333 g/mol. The van der Waals surface area contributed by atoms with Crippen LogP contribution >= 0.6 is 0 Å². The smallest absolute Gasteiger partial charge is 0.420 e. The lowest BCUT2D eigenvalue weighted by atomic mass is 10.2. The van der Waals surface area contributed by atoms with E-state index in [0.29, 0.717) is 6.42 Å². The topological polar surface area (TPSA) is 130 Å². The molecule has 9 nitrogen and oxygen atoms in total. The number of hydrogen-bond acceptors (Lipinski definition) is 6. The number of amides is 2. The summed E-state index contributed by atoms with van der Waals surface area (Å²) in [6.45, 7) is 6.41. The minimum Gasteiger partial charge on any atom is -0.481 e. The van der Waals surface area contributed by atoms with Crippen LogP contribution in [0.25, 0.3) is 0 Å². The first-order chi connectivity index (χ1) is 10.5. The Hall–Kier alpha value is -2.32. The van der Waals surface area contributed by atoms with Crippen molar-refractivity contribution in [2.24, 2.45) is 0 Å². The van der Waals surface area contributed by atoms with Gasteiger partial charge in [-0.15, -0.1) is 0 Å². The Balaban J connectivity index is 5.39. The van der Waals surface area contributed by atoms with Crippen LogP contribution in [-0.2, 0) is 19.1 Å². The van der Waals surface area contributed by atoms with E-state index < -0.39 is 42.2 Å². The molecule has 1 atom stereocenters. The molecule has 0 saturated carbocycles. The number of carbonyl (C=O) groups is 4. The van der Waals surface area contributed by atoms with Crippen molar-refractivity contribution in [2.75, 3.05) is 6.61 Å². The first-order valence-corrected chi connectivity index (χ1v) is 7.13. The molecule has 0 aliphatic carbocycles. The van der Waals surface area contributed by atoms with Gasteiger partial charge in [-0.3, -0.25) is 4.79 Å². The van der Waals surface area contributed by atoms with E-state index in [1.54, 1.807) is 0 Å². The highest BCUT2D eigenvalue weighted by Gasteiger charge is 2.40. The first kappa shape index (κ1) is 20.7. The van der Waals surface area contributed by atoms with Gasteiger partial charge in [0.1, 0.15) is 5.60 Å². The van der Waals surface area contributed by atoms with Gasteiger partial charge in [0.25, 0.3) is 0 Å². The first-order valence-electron chi connectivity index (χ1n) is 7.13. The Morgan fingerprint density at radius 1 is 1.09 bits per heavy atom. The Labute approximate surface area is 134 Å². The third-order valence-corrected chi connectivity index (χ3v) is 2.48. The second kappa shape index (κ2) is 8.96. The fraction of sp³-hybridized carbons (Fsp3) is 0.714. The van der Waals surface area contributed by atoms with Crippen molar-refractivity contribution in [3.63, 3.8) is 0 Å². The van der Waals surface area contributed by atoms with Crippen LogP contribution in [0.5, 0.6) is 0 Å². The molecule has 0 fully saturated rings. The summed E-state index contributed by atoms with van der Waals surface area (Å²) in [6.07, 6.45) is -2.24.